The summed E-state index contributed by atoms with van der Waals surface area (Å²) in [5.41, 5.74) is 8.16. The topological polar surface area (TPSA) is 89.1 Å². The van der Waals surface area contributed by atoms with Crippen LogP contribution >= 0.6 is 0 Å². The van der Waals surface area contributed by atoms with E-state index in [1.807, 2.05) is 36.4 Å². The zero-order chi connectivity index (χ0) is 19.6. The zero-order valence-electron chi connectivity index (χ0n) is 16.2. The summed E-state index contributed by atoms with van der Waals surface area (Å²) in [6, 6.07) is 15.8. The Morgan fingerprint density at radius 2 is 1.81 bits per heavy atom. The lowest BCUT2D eigenvalue weighted by Crippen LogP contribution is -2.35. The predicted octanol–water partition coefficient (Wildman–Crippen LogP) is 2.66. The maximum atomic E-state index is 9.78. The molecule has 0 aliphatic rings. The maximum Gasteiger partial charge on any atom is 0.188 e. The van der Waals surface area contributed by atoms with E-state index in [-0.39, 0.29) is 12.0 Å². The van der Waals surface area contributed by atoms with Gasteiger partial charge in [0.1, 0.15) is 0 Å². The highest BCUT2D eigenvalue weighted by molar-refractivity contribution is 5.77. The molecule has 2 unspecified atom stereocenters. The molecular formula is C21H29N3O3. The van der Waals surface area contributed by atoms with Gasteiger partial charge >= 0.3 is 0 Å². The van der Waals surface area contributed by atoms with Crippen LogP contribution in [0, 0.1) is 0 Å². The van der Waals surface area contributed by atoms with E-state index >= 15 is 0 Å². The molecule has 4 N–H and O–H groups in total. The summed E-state index contributed by atoms with van der Waals surface area (Å²) in [5, 5.41) is 13.0. The molecule has 146 valence electrons. The lowest BCUT2D eigenvalue weighted by molar-refractivity contribution is 0.174. The number of hydrogen-bond acceptors (Lipinski definition) is 4. The van der Waals surface area contributed by atoms with E-state index in [1.54, 1.807) is 21.1 Å². The number of aliphatic hydroxyl groups excluding tert-OH is 1. The number of guanidine groups is 1. The molecule has 6 heteroatoms. The number of ether oxygens (including phenoxy) is 2. The first-order chi connectivity index (χ1) is 13.0. The van der Waals surface area contributed by atoms with E-state index < -0.39 is 0 Å². The van der Waals surface area contributed by atoms with Gasteiger partial charge in [-0.25, -0.2) is 4.99 Å². The largest absolute Gasteiger partial charge is 0.493 e. The second-order valence-corrected chi connectivity index (χ2v) is 6.46. The summed E-state index contributed by atoms with van der Waals surface area (Å²) < 4.78 is 10.5. The monoisotopic (exact) mass is 371 g/mol. The number of nitrogens with zero attached hydrogens (tertiary/aromatic N) is 1. The van der Waals surface area contributed by atoms with Crippen LogP contribution in [-0.2, 0) is 6.54 Å². The van der Waals surface area contributed by atoms with Crippen molar-refractivity contribution in [3.8, 4) is 11.5 Å². The van der Waals surface area contributed by atoms with E-state index in [9.17, 15) is 5.11 Å². The molecule has 0 saturated carbocycles. The third-order valence-electron chi connectivity index (χ3n) is 4.31. The van der Waals surface area contributed by atoms with Crippen LogP contribution in [-0.4, -0.2) is 37.9 Å². The Balaban J connectivity index is 1.97. The maximum absolute atomic E-state index is 9.78. The average Bonchev–Trinajstić information content (AvgIpc) is 2.69. The molecule has 0 spiro atoms. The number of nitrogens with two attached hydrogens (primary N) is 1. The minimum absolute atomic E-state index is 0.154. The lowest BCUT2D eigenvalue weighted by Gasteiger charge is -2.20. The molecule has 6 nitrogen and oxygen atoms in total. The molecule has 2 aromatic rings. The smallest absolute Gasteiger partial charge is 0.188 e. The van der Waals surface area contributed by atoms with Crippen molar-refractivity contribution >= 4 is 5.96 Å². The molecule has 0 saturated heterocycles. The highest BCUT2D eigenvalue weighted by Crippen LogP contribution is 2.27. The highest BCUT2D eigenvalue weighted by atomic mass is 16.5. The summed E-state index contributed by atoms with van der Waals surface area (Å²) >= 11 is 0. The van der Waals surface area contributed by atoms with Crippen molar-refractivity contribution in [1.29, 1.82) is 0 Å². The number of rotatable bonds is 9. The second kappa shape index (κ2) is 10.4. The van der Waals surface area contributed by atoms with Crippen LogP contribution in [0.15, 0.2) is 53.5 Å². The van der Waals surface area contributed by atoms with Crippen molar-refractivity contribution in [2.24, 2.45) is 10.7 Å². The van der Waals surface area contributed by atoms with Crippen LogP contribution in [0.2, 0.25) is 0 Å². The van der Waals surface area contributed by atoms with Crippen LogP contribution < -0.4 is 20.5 Å². The first kappa shape index (κ1) is 20.6. The first-order valence-electron chi connectivity index (χ1n) is 9.01. The molecule has 0 heterocycles. The fraction of sp³-hybridized carbons (Fsp3) is 0.381. The van der Waals surface area contributed by atoms with Crippen LogP contribution in [0.5, 0.6) is 11.5 Å². The van der Waals surface area contributed by atoms with Gasteiger partial charge in [-0.1, -0.05) is 36.4 Å². The molecule has 2 aromatic carbocycles. The fourth-order valence-corrected chi connectivity index (χ4v) is 2.91. The number of nitrogens with one attached hydrogen (secondary N) is 1. The number of aliphatic imine (C=N–C) groups is 1. The lowest BCUT2D eigenvalue weighted by atomic mass is 9.93. The summed E-state index contributed by atoms with van der Waals surface area (Å²) in [4.78, 5) is 4.39. The molecule has 2 rings (SSSR count). The Kier molecular flexibility index (Phi) is 7.95. The van der Waals surface area contributed by atoms with Crippen LogP contribution in [0.3, 0.4) is 0 Å². The van der Waals surface area contributed by atoms with Gasteiger partial charge < -0.3 is 25.6 Å². The molecule has 2 atom stereocenters. The number of aliphatic hydroxyl groups is 1. The van der Waals surface area contributed by atoms with Crippen LogP contribution in [0.4, 0.5) is 0 Å². The zero-order valence-corrected chi connectivity index (χ0v) is 16.2. The molecule has 0 aliphatic carbocycles. The molecule has 0 bridgehead atoms. The second-order valence-electron chi connectivity index (χ2n) is 6.46. The summed E-state index contributed by atoms with van der Waals surface area (Å²) in [6.07, 6.45) is 0.266. The van der Waals surface area contributed by atoms with Gasteiger partial charge in [0, 0.05) is 12.5 Å². The van der Waals surface area contributed by atoms with Gasteiger partial charge in [0.2, 0.25) is 0 Å². The van der Waals surface area contributed by atoms with Gasteiger partial charge in [0.25, 0.3) is 0 Å². The van der Waals surface area contributed by atoms with Crippen LogP contribution in [0.25, 0.3) is 0 Å². The van der Waals surface area contributed by atoms with Gasteiger partial charge in [0.15, 0.2) is 17.5 Å². The molecular weight excluding hydrogens is 342 g/mol. The van der Waals surface area contributed by atoms with E-state index in [0.717, 1.165) is 5.56 Å². The fourth-order valence-electron chi connectivity index (χ4n) is 2.91. The standard InChI is InChI=1S/C21H29N3O3/c1-15(25)11-18(17-7-5-4-6-8-17)14-24-21(22)23-13-16-9-10-19(26-2)20(12-16)27-3/h4-10,12,15,18,25H,11,13-14H2,1-3H3,(H3,22,23,24). The van der Waals surface area contributed by atoms with Gasteiger partial charge in [0.05, 0.1) is 26.9 Å². The van der Waals surface area contributed by atoms with Gasteiger partial charge in [-0.05, 0) is 36.6 Å². The SMILES string of the molecule is COc1ccc(CN=C(N)NCC(CC(C)O)c2ccccc2)cc1OC. The van der Waals surface area contributed by atoms with Crippen molar-refractivity contribution in [3.05, 3.63) is 59.7 Å². The molecule has 0 aromatic heterocycles. The Hall–Kier alpha value is -2.73. The Bertz CT molecular complexity index is 733. The van der Waals surface area contributed by atoms with Gasteiger partial charge in [-0.2, -0.15) is 0 Å². The van der Waals surface area contributed by atoms with Crippen molar-refractivity contribution in [3.63, 3.8) is 0 Å². The van der Waals surface area contributed by atoms with Crippen molar-refractivity contribution < 1.29 is 14.6 Å². The molecule has 0 fully saturated rings. The Labute approximate surface area is 161 Å². The van der Waals surface area contributed by atoms with Gasteiger partial charge in [-0.15, -0.1) is 0 Å². The number of methoxy groups -OCH3 is 2. The molecule has 0 amide bonds. The number of benzene rings is 2. The third kappa shape index (κ3) is 6.49. The predicted molar refractivity (Wildman–Crippen MR) is 108 cm³/mol. The van der Waals surface area contributed by atoms with Gasteiger partial charge in [-0.3, -0.25) is 0 Å². The van der Waals surface area contributed by atoms with Crippen LogP contribution in [0.1, 0.15) is 30.4 Å². The minimum atomic E-state index is -0.387. The summed E-state index contributed by atoms with van der Waals surface area (Å²) in [7, 11) is 3.21. The molecule has 0 aliphatic heterocycles. The minimum Gasteiger partial charge on any atom is -0.493 e. The molecule has 0 radical (unpaired) electrons. The van der Waals surface area contributed by atoms with E-state index in [4.69, 9.17) is 15.2 Å². The quantitative estimate of drug-likeness (QED) is 0.466. The van der Waals surface area contributed by atoms with Crippen molar-refractivity contribution in [2.75, 3.05) is 20.8 Å². The molecule has 27 heavy (non-hydrogen) atoms. The van der Waals surface area contributed by atoms with E-state index in [2.05, 4.69) is 22.4 Å². The highest BCUT2D eigenvalue weighted by Gasteiger charge is 2.14. The van der Waals surface area contributed by atoms with E-state index in [0.29, 0.717) is 37.0 Å². The summed E-state index contributed by atoms with van der Waals surface area (Å²) in [5.74, 6) is 1.87. The normalized spacial score (nSPS) is 13.7. The van der Waals surface area contributed by atoms with E-state index in [1.165, 1.54) is 5.56 Å². The number of hydrogen-bond donors (Lipinski definition) is 3. The Morgan fingerprint density at radius 3 is 2.44 bits per heavy atom. The third-order valence-corrected chi connectivity index (χ3v) is 4.31. The van der Waals surface area contributed by atoms with Crippen molar-refractivity contribution in [2.45, 2.75) is 31.9 Å². The Morgan fingerprint density at radius 1 is 1.11 bits per heavy atom. The average molecular weight is 371 g/mol. The summed E-state index contributed by atoms with van der Waals surface area (Å²) in [6.45, 7) is 2.84. The van der Waals surface area contributed by atoms with Crippen molar-refractivity contribution in [1.82, 2.24) is 5.32 Å². The first-order valence-corrected chi connectivity index (χ1v) is 9.01.